The molecule has 4 aromatic rings. The molecule has 1 aliphatic heterocycles. The fraction of sp³-hybridized carbons (Fsp3) is 0.370. The summed E-state index contributed by atoms with van der Waals surface area (Å²) in [5.41, 5.74) is 1.62. The number of para-hydroxylation sites is 1. The van der Waals surface area contributed by atoms with Crippen molar-refractivity contribution in [3.05, 3.63) is 74.7 Å². The number of nitrogens with one attached hydrogen (secondary N) is 1. The van der Waals surface area contributed by atoms with Crippen LogP contribution in [0.25, 0.3) is 11.0 Å². The van der Waals surface area contributed by atoms with E-state index in [4.69, 9.17) is 16.3 Å². The van der Waals surface area contributed by atoms with Crippen LogP contribution >= 0.6 is 22.9 Å². The van der Waals surface area contributed by atoms with Crippen LogP contribution in [0.3, 0.4) is 0 Å². The van der Waals surface area contributed by atoms with E-state index in [-0.39, 0.29) is 34.3 Å². The Bertz CT molecular complexity index is 1490. The van der Waals surface area contributed by atoms with Crippen LogP contribution in [0.15, 0.2) is 41.9 Å². The molecule has 0 aliphatic carbocycles. The molecule has 2 aromatic carbocycles. The topological polar surface area (TPSA) is 72.3 Å². The van der Waals surface area contributed by atoms with Crippen molar-refractivity contribution >= 4 is 39.9 Å². The van der Waals surface area contributed by atoms with E-state index in [9.17, 15) is 22.4 Å². The van der Waals surface area contributed by atoms with Gasteiger partial charge < -0.3 is 10.1 Å². The zero-order valence-corrected chi connectivity index (χ0v) is 23.0. The highest BCUT2D eigenvalue weighted by molar-refractivity contribution is 7.09. The van der Waals surface area contributed by atoms with Gasteiger partial charge in [0.15, 0.2) is 5.82 Å². The average molecular weight is 596 g/mol. The molecule has 2 aromatic heterocycles. The Morgan fingerprint density at radius 1 is 1.18 bits per heavy atom. The number of likely N-dealkylation sites (tertiary alicyclic amines) is 1. The molecule has 1 unspecified atom stereocenters. The van der Waals surface area contributed by atoms with E-state index in [1.807, 2.05) is 4.90 Å². The number of hydrogen-bond acceptors (Lipinski definition) is 6. The monoisotopic (exact) mass is 595 g/mol. The highest BCUT2D eigenvalue weighted by Gasteiger charge is 2.32. The number of benzene rings is 2. The van der Waals surface area contributed by atoms with Crippen LogP contribution in [-0.2, 0) is 7.05 Å². The Labute approximate surface area is 236 Å². The minimum absolute atomic E-state index is 0.0298. The molecule has 1 aliphatic rings. The third-order valence-corrected chi connectivity index (χ3v) is 8.40. The van der Waals surface area contributed by atoms with Crippen LogP contribution in [0, 0.1) is 17.6 Å². The van der Waals surface area contributed by atoms with Crippen LogP contribution in [0.2, 0.25) is 5.02 Å². The van der Waals surface area contributed by atoms with Gasteiger partial charge in [-0.2, -0.15) is 4.98 Å². The first kappa shape index (κ1) is 28.3. The van der Waals surface area contributed by atoms with Gasteiger partial charge in [0.1, 0.15) is 17.0 Å². The van der Waals surface area contributed by atoms with Gasteiger partial charge in [0.05, 0.1) is 39.1 Å². The second kappa shape index (κ2) is 12.1. The van der Waals surface area contributed by atoms with Crippen LogP contribution in [0.4, 0.5) is 17.6 Å². The van der Waals surface area contributed by atoms with Gasteiger partial charge in [0, 0.05) is 13.6 Å². The summed E-state index contributed by atoms with van der Waals surface area (Å²) < 4.78 is 63.5. The molecule has 7 nitrogen and oxygen atoms in total. The first-order valence-corrected chi connectivity index (χ1v) is 13.9. The van der Waals surface area contributed by atoms with Crippen molar-refractivity contribution in [1.29, 1.82) is 0 Å². The normalized spacial score (nSPS) is 15.6. The van der Waals surface area contributed by atoms with E-state index in [0.717, 1.165) is 17.4 Å². The molecule has 0 saturated carbocycles. The maximum atomic E-state index is 14.3. The molecular weight excluding hydrogens is 570 g/mol. The number of carbonyl (C=O) groups excluding carboxylic acids is 1. The minimum atomic E-state index is -2.77. The number of nitrogens with zero attached hydrogens (tertiary/aromatic N) is 4. The quantitative estimate of drug-likeness (QED) is 0.235. The molecule has 212 valence electrons. The van der Waals surface area contributed by atoms with Gasteiger partial charge in [-0.05, 0) is 56.1 Å². The van der Waals surface area contributed by atoms with Crippen LogP contribution < -0.4 is 10.1 Å². The molecule has 40 heavy (non-hydrogen) atoms. The highest BCUT2D eigenvalue weighted by atomic mass is 35.5. The molecular formula is C27H26ClF4N5O2S. The van der Waals surface area contributed by atoms with Gasteiger partial charge in [-0.3, -0.25) is 14.3 Å². The summed E-state index contributed by atoms with van der Waals surface area (Å²) in [6.07, 6.45) is -1.38. The zero-order valence-electron chi connectivity index (χ0n) is 21.4. The highest BCUT2D eigenvalue weighted by Crippen LogP contribution is 2.35. The number of fused-ring (bicyclic) bond motifs is 1. The second-order valence-electron chi connectivity index (χ2n) is 9.58. The number of halogens is 5. The van der Waals surface area contributed by atoms with E-state index in [0.29, 0.717) is 48.9 Å². The smallest absolute Gasteiger partial charge is 0.297 e. The van der Waals surface area contributed by atoms with E-state index in [1.165, 1.54) is 23.7 Å². The van der Waals surface area contributed by atoms with Gasteiger partial charge in [-0.1, -0.05) is 23.7 Å². The van der Waals surface area contributed by atoms with Crippen molar-refractivity contribution in [2.45, 2.75) is 25.3 Å². The predicted molar refractivity (Wildman–Crippen MR) is 144 cm³/mol. The third-order valence-electron chi connectivity index (χ3n) is 7.14. The number of alkyl halides is 2. The van der Waals surface area contributed by atoms with Crippen molar-refractivity contribution in [1.82, 2.24) is 24.8 Å². The maximum Gasteiger partial charge on any atom is 0.297 e. The number of rotatable bonds is 9. The summed E-state index contributed by atoms with van der Waals surface area (Å²) in [5.74, 6) is -1.75. The first-order valence-electron chi connectivity index (χ1n) is 12.7. The molecule has 13 heteroatoms. The van der Waals surface area contributed by atoms with Gasteiger partial charge in [-0.25, -0.2) is 22.5 Å². The molecule has 0 bridgehead atoms. The van der Waals surface area contributed by atoms with Crippen LogP contribution in [0.5, 0.6) is 6.01 Å². The summed E-state index contributed by atoms with van der Waals surface area (Å²) in [4.78, 5) is 23.3. The maximum absolute atomic E-state index is 14.3. The molecule has 1 amide bonds. The molecule has 1 atom stereocenters. The number of imidazole rings is 1. The number of ether oxygens (including phenoxy) is 1. The standard InChI is InChI=1S/C27H26ClF4N5O2S/c1-36-19-7-3-6-18(30)22(19)35-27(36)39-13-15-8-10-37(11-9-15)20(24-23(25(31)32)34-14-40-24)12-33-26(38)21-16(28)4-2-5-17(21)29/h2-7,14-15,20,25H,8-13H2,1H3,(H,33,38). The largest absolute Gasteiger partial charge is 0.464 e. The average Bonchev–Trinajstić information content (AvgIpc) is 3.54. The summed E-state index contributed by atoms with van der Waals surface area (Å²) in [6, 6.07) is 8.40. The Morgan fingerprint density at radius 2 is 1.90 bits per heavy atom. The number of piperidine rings is 1. The Kier molecular flexibility index (Phi) is 8.57. The lowest BCUT2D eigenvalue weighted by atomic mass is 9.96. The van der Waals surface area contributed by atoms with E-state index in [1.54, 1.807) is 23.7 Å². The number of hydrogen-bond donors (Lipinski definition) is 1. The van der Waals surface area contributed by atoms with Crippen molar-refractivity contribution in [3.8, 4) is 6.01 Å². The molecule has 0 radical (unpaired) electrons. The van der Waals surface area contributed by atoms with Gasteiger partial charge >= 0.3 is 0 Å². The van der Waals surface area contributed by atoms with Crippen LogP contribution in [-0.4, -0.2) is 51.6 Å². The fourth-order valence-corrected chi connectivity index (χ4v) is 6.15. The molecule has 3 heterocycles. The van der Waals surface area contributed by atoms with E-state index < -0.39 is 30.0 Å². The molecule has 1 fully saturated rings. The Hall–Kier alpha value is -3.22. The number of amides is 1. The van der Waals surface area contributed by atoms with Crippen LogP contribution in [0.1, 0.15) is 46.2 Å². The summed E-state index contributed by atoms with van der Waals surface area (Å²) in [6.45, 7) is 1.43. The number of aromatic nitrogens is 3. The lowest BCUT2D eigenvalue weighted by molar-refractivity contribution is 0.0862. The SMILES string of the molecule is Cn1c(OCC2CCN(C(CNC(=O)c3c(F)cccc3Cl)c3scnc3C(F)F)CC2)nc2c(F)cccc21. The fourth-order valence-electron chi connectivity index (χ4n) is 4.97. The summed E-state index contributed by atoms with van der Waals surface area (Å²) in [5, 5.41) is 2.64. The van der Waals surface area contributed by atoms with Crippen molar-refractivity contribution < 1.29 is 27.1 Å². The number of aryl methyl sites for hydroxylation is 1. The molecule has 5 rings (SSSR count). The number of carbonyl (C=O) groups is 1. The first-order chi connectivity index (χ1) is 19.2. The van der Waals surface area contributed by atoms with E-state index >= 15 is 0 Å². The van der Waals surface area contributed by atoms with Crippen molar-refractivity contribution in [3.63, 3.8) is 0 Å². The van der Waals surface area contributed by atoms with Crippen molar-refractivity contribution in [2.24, 2.45) is 13.0 Å². The molecule has 0 spiro atoms. The van der Waals surface area contributed by atoms with Crippen molar-refractivity contribution in [2.75, 3.05) is 26.2 Å². The predicted octanol–water partition coefficient (Wildman–Crippen LogP) is 6.16. The molecule has 1 saturated heterocycles. The summed E-state index contributed by atoms with van der Waals surface area (Å²) in [7, 11) is 1.76. The Morgan fingerprint density at radius 3 is 2.60 bits per heavy atom. The lowest BCUT2D eigenvalue weighted by Gasteiger charge is -2.37. The third kappa shape index (κ3) is 5.79. The van der Waals surface area contributed by atoms with Gasteiger partial charge in [0.2, 0.25) is 0 Å². The molecule has 1 N–H and O–H groups in total. The minimum Gasteiger partial charge on any atom is -0.464 e. The van der Waals surface area contributed by atoms with Gasteiger partial charge in [-0.15, -0.1) is 11.3 Å². The van der Waals surface area contributed by atoms with E-state index in [2.05, 4.69) is 15.3 Å². The zero-order chi connectivity index (χ0) is 28.4. The van der Waals surface area contributed by atoms with Gasteiger partial charge in [0.25, 0.3) is 18.3 Å². The summed E-state index contributed by atoms with van der Waals surface area (Å²) >= 11 is 7.13. The number of thiazole rings is 1. The Balaban J connectivity index is 1.26. The second-order valence-corrected chi connectivity index (χ2v) is 10.9. The lowest BCUT2D eigenvalue weighted by Crippen LogP contribution is -2.43.